The van der Waals surface area contributed by atoms with E-state index in [1.165, 1.54) is 32.6 Å². The van der Waals surface area contributed by atoms with Crippen molar-refractivity contribution in [3.8, 4) is 0 Å². The van der Waals surface area contributed by atoms with Crippen molar-refractivity contribution in [1.29, 1.82) is 0 Å². The molecule has 1 aromatic carbocycles. The van der Waals surface area contributed by atoms with Crippen molar-refractivity contribution >= 4 is 27.3 Å². The first kappa shape index (κ1) is 14.3. The molecule has 1 aliphatic carbocycles. The van der Waals surface area contributed by atoms with Gasteiger partial charge in [0, 0.05) is 10.9 Å². The zero-order chi connectivity index (χ0) is 14.1. The smallest absolute Gasteiger partial charge is 0.0731 e. The summed E-state index contributed by atoms with van der Waals surface area (Å²) in [7, 11) is 0. The lowest BCUT2D eigenvalue weighted by Crippen LogP contribution is -2.26. The molecule has 1 aromatic heterocycles. The second-order valence-electron chi connectivity index (χ2n) is 5.55. The number of hydrogen-bond acceptors (Lipinski definition) is 2. The molecular formula is C17H20BrNS. The number of thiophene rings is 1. The van der Waals surface area contributed by atoms with Crippen LogP contribution in [0.4, 0.5) is 0 Å². The molecule has 0 fully saturated rings. The van der Waals surface area contributed by atoms with Crippen LogP contribution >= 0.6 is 27.3 Å². The van der Waals surface area contributed by atoms with Crippen molar-refractivity contribution in [2.45, 2.75) is 38.6 Å². The highest BCUT2D eigenvalue weighted by molar-refractivity contribution is 9.11. The van der Waals surface area contributed by atoms with Crippen molar-refractivity contribution in [3.05, 3.63) is 55.7 Å². The molecule has 106 valence electrons. The normalized spacial score (nSPS) is 18.4. The van der Waals surface area contributed by atoms with Crippen LogP contribution in [0.1, 0.15) is 46.9 Å². The van der Waals surface area contributed by atoms with E-state index < -0.39 is 0 Å². The number of benzene rings is 1. The minimum absolute atomic E-state index is 0.480. The Balaban J connectivity index is 1.76. The average Bonchev–Trinajstić information content (AvgIpc) is 2.75. The van der Waals surface area contributed by atoms with E-state index >= 15 is 0 Å². The predicted octanol–water partition coefficient (Wildman–Crippen LogP) is 5.20. The van der Waals surface area contributed by atoms with Crippen LogP contribution in [-0.2, 0) is 6.42 Å². The van der Waals surface area contributed by atoms with Crippen molar-refractivity contribution in [1.82, 2.24) is 5.32 Å². The van der Waals surface area contributed by atoms with E-state index in [0.717, 1.165) is 12.5 Å². The van der Waals surface area contributed by atoms with Crippen LogP contribution in [0.5, 0.6) is 0 Å². The molecule has 0 aliphatic heterocycles. The number of fused-ring (bicyclic) bond motifs is 1. The molecule has 20 heavy (non-hydrogen) atoms. The summed E-state index contributed by atoms with van der Waals surface area (Å²) in [6, 6.07) is 11.7. The van der Waals surface area contributed by atoms with E-state index in [0.29, 0.717) is 6.04 Å². The zero-order valence-electron chi connectivity index (χ0n) is 11.9. The maximum absolute atomic E-state index is 3.66. The Hall–Kier alpha value is -0.640. The van der Waals surface area contributed by atoms with Crippen LogP contribution in [0.15, 0.2) is 34.1 Å². The summed E-state index contributed by atoms with van der Waals surface area (Å²) in [5.74, 6) is 0.719. The van der Waals surface area contributed by atoms with Gasteiger partial charge < -0.3 is 5.32 Å². The fraction of sp³-hybridized carbons (Fsp3) is 0.412. The van der Waals surface area contributed by atoms with Crippen LogP contribution in [0.3, 0.4) is 0 Å². The van der Waals surface area contributed by atoms with E-state index in [2.05, 4.69) is 65.4 Å². The third-order valence-electron chi connectivity index (χ3n) is 4.15. The molecule has 2 atom stereocenters. The van der Waals surface area contributed by atoms with Gasteiger partial charge in [0.15, 0.2) is 0 Å². The van der Waals surface area contributed by atoms with E-state index in [9.17, 15) is 0 Å². The molecule has 0 saturated heterocycles. The summed E-state index contributed by atoms with van der Waals surface area (Å²) >= 11 is 5.52. The molecule has 0 bridgehead atoms. The van der Waals surface area contributed by atoms with Gasteiger partial charge in [-0.25, -0.2) is 0 Å². The Morgan fingerprint density at radius 2 is 2.20 bits per heavy atom. The Kier molecular flexibility index (Phi) is 4.29. The minimum atomic E-state index is 0.480. The molecule has 2 unspecified atom stereocenters. The van der Waals surface area contributed by atoms with Gasteiger partial charge >= 0.3 is 0 Å². The second kappa shape index (κ2) is 6.00. The Morgan fingerprint density at radius 1 is 1.40 bits per heavy atom. The van der Waals surface area contributed by atoms with Crippen molar-refractivity contribution in [2.75, 3.05) is 6.54 Å². The van der Waals surface area contributed by atoms with Crippen LogP contribution in [-0.4, -0.2) is 6.54 Å². The molecule has 1 aliphatic rings. The van der Waals surface area contributed by atoms with Crippen LogP contribution in [0.25, 0.3) is 0 Å². The summed E-state index contributed by atoms with van der Waals surface area (Å²) in [6.07, 6.45) is 2.45. The lowest BCUT2D eigenvalue weighted by atomic mass is 9.74. The molecule has 0 radical (unpaired) electrons. The first-order valence-electron chi connectivity index (χ1n) is 7.26. The van der Waals surface area contributed by atoms with E-state index in [1.54, 1.807) is 5.56 Å². The van der Waals surface area contributed by atoms with Gasteiger partial charge in [-0.3, -0.25) is 0 Å². The van der Waals surface area contributed by atoms with Gasteiger partial charge in [0.05, 0.1) is 3.79 Å². The van der Waals surface area contributed by atoms with Gasteiger partial charge in [-0.05, 0) is 70.9 Å². The predicted molar refractivity (Wildman–Crippen MR) is 90.7 cm³/mol. The quantitative estimate of drug-likeness (QED) is 0.782. The minimum Gasteiger partial charge on any atom is -0.310 e. The summed E-state index contributed by atoms with van der Waals surface area (Å²) in [6.45, 7) is 5.39. The standard InChI is InChI=1S/C17H20BrNS/c1-3-19-15(16-8-11(2)17(18)20-16)10-13-9-12-6-4-5-7-14(12)13/h4-8,13,15,19H,3,9-10H2,1-2H3. The second-order valence-corrected chi connectivity index (χ2v) is 7.95. The summed E-state index contributed by atoms with van der Waals surface area (Å²) in [4.78, 5) is 1.46. The fourth-order valence-corrected chi connectivity index (χ4v) is 4.72. The highest BCUT2D eigenvalue weighted by Crippen LogP contribution is 2.42. The van der Waals surface area contributed by atoms with Gasteiger partial charge in [-0.2, -0.15) is 0 Å². The SMILES string of the molecule is CCNC(CC1Cc2ccccc21)c1cc(C)c(Br)s1. The third-order valence-corrected chi connectivity index (χ3v) is 6.40. The average molecular weight is 350 g/mol. The number of hydrogen-bond donors (Lipinski definition) is 1. The topological polar surface area (TPSA) is 12.0 Å². The van der Waals surface area contributed by atoms with Gasteiger partial charge in [-0.1, -0.05) is 31.2 Å². The van der Waals surface area contributed by atoms with E-state index in [-0.39, 0.29) is 0 Å². The Morgan fingerprint density at radius 3 is 2.85 bits per heavy atom. The molecule has 3 heteroatoms. The summed E-state index contributed by atoms with van der Waals surface area (Å²) < 4.78 is 1.27. The molecule has 1 heterocycles. The molecule has 1 nitrogen and oxygen atoms in total. The molecular weight excluding hydrogens is 330 g/mol. The highest BCUT2D eigenvalue weighted by Gasteiger charge is 2.29. The molecule has 2 aromatic rings. The van der Waals surface area contributed by atoms with E-state index in [1.807, 2.05) is 11.3 Å². The van der Waals surface area contributed by atoms with Crippen LogP contribution in [0.2, 0.25) is 0 Å². The van der Waals surface area contributed by atoms with Gasteiger partial charge in [0.1, 0.15) is 0 Å². The first-order chi connectivity index (χ1) is 9.69. The Labute approximate surface area is 133 Å². The van der Waals surface area contributed by atoms with Gasteiger partial charge in [0.2, 0.25) is 0 Å². The fourth-order valence-electron chi connectivity index (χ4n) is 3.06. The van der Waals surface area contributed by atoms with Crippen molar-refractivity contribution < 1.29 is 0 Å². The molecule has 1 N–H and O–H groups in total. The maximum Gasteiger partial charge on any atom is 0.0731 e. The van der Waals surface area contributed by atoms with Crippen molar-refractivity contribution in [3.63, 3.8) is 0 Å². The van der Waals surface area contributed by atoms with Crippen LogP contribution in [0, 0.1) is 6.92 Å². The lowest BCUT2D eigenvalue weighted by Gasteiger charge is -2.33. The summed E-state index contributed by atoms with van der Waals surface area (Å²) in [5.41, 5.74) is 4.45. The molecule has 3 rings (SSSR count). The largest absolute Gasteiger partial charge is 0.310 e. The molecule has 0 amide bonds. The third kappa shape index (κ3) is 2.72. The number of aryl methyl sites for hydroxylation is 1. The van der Waals surface area contributed by atoms with Gasteiger partial charge in [-0.15, -0.1) is 11.3 Å². The van der Waals surface area contributed by atoms with E-state index in [4.69, 9.17) is 0 Å². The van der Waals surface area contributed by atoms with Crippen molar-refractivity contribution in [2.24, 2.45) is 0 Å². The zero-order valence-corrected chi connectivity index (χ0v) is 14.4. The first-order valence-corrected chi connectivity index (χ1v) is 8.87. The lowest BCUT2D eigenvalue weighted by molar-refractivity contribution is 0.440. The highest BCUT2D eigenvalue weighted by atomic mass is 79.9. The van der Waals surface area contributed by atoms with Gasteiger partial charge in [0.25, 0.3) is 0 Å². The maximum atomic E-state index is 3.66. The molecule has 0 spiro atoms. The summed E-state index contributed by atoms with van der Waals surface area (Å²) in [5, 5.41) is 3.66. The number of halogens is 1. The monoisotopic (exact) mass is 349 g/mol. The number of nitrogens with one attached hydrogen (secondary N) is 1. The molecule has 0 saturated carbocycles. The Bertz CT molecular complexity index is 585. The van der Waals surface area contributed by atoms with Crippen LogP contribution < -0.4 is 5.32 Å². The number of rotatable bonds is 5.